The molecule has 1 N–H and O–H groups in total. The van der Waals surface area contributed by atoms with E-state index >= 15 is 0 Å². The highest BCUT2D eigenvalue weighted by Crippen LogP contribution is 2.56. The number of carbonyl (C=O) groups is 4. The van der Waals surface area contributed by atoms with Crippen molar-refractivity contribution in [2.75, 3.05) is 36.1 Å². The Morgan fingerprint density at radius 1 is 0.929 bits per heavy atom. The lowest BCUT2D eigenvalue weighted by atomic mass is 9.59. The number of nitrogens with zero attached hydrogens (tertiary/aromatic N) is 2. The molecule has 214 valence electrons. The SMILES string of the molecule is CC1=CC(=O)C2=C(CC3C(=CCC4C(=O)N(c5ccc(N6CCOCC6)cc5)C(=O)C43)C2c2cc(Cl)ccc2O)C1=O. The fourth-order valence-electron chi connectivity index (χ4n) is 7.38. The number of amides is 2. The van der Waals surface area contributed by atoms with E-state index in [4.69, 9.17) is 16.3 Å². The third-order valence-corrected chi connectivity index (χ3v) is 9.58. The molecule has 0 bridgehead atoms. The lowest BCUT2D eigenvalue weighted by Crippen LogP contribution is -2.39. The van der Waals surface area contributed by atoms with Crippen LogP contribution in [-0.2, 0) is 23.9 Å². The smallest absolute Gasteiger partial charge is 0.238 e. The van der Waals surface area contributed by atoms with E-state index in [9.17, 15) is 24.3 Å². The number of halogens is 1. The number of rotatable bonds is 3. The van der Waals surface area contributed by atoms with Gasteiger partial charge in [-0.2, -0.15) is 0 Å². The van der Waals surface area contributed by atoms with Gasteiger partial charge in [0.25, 0.3) is 0 Å². The van der Waals surface area contributed by atoms with Crippen LogP contribution in [0.4, 0.5) is 11.4 Å². The minimum Gasteiger partial charge on any atom is -0.508 e. The summed E-state index contributed by atoms with van der Waals surface area (Å²) in [7, 11) is 0. The molecule has 0 spiro atoms. The van der Waals surface area contributed by atoms with Crippen molar-refractivity contribution < 1.29 is 29.0 Å². The number of aromatic hydroxyl groups is 1. The van der Waals surface area contributed by atoms with Gasteiger partial charge in [-0.3, -0.25) is 24.1 Å². The van der Waals surface area contributed by atoms with Crippen molar-refractivity contribution in [2.45, 2.75) is 25.7 Å². The fraction of sp³-hybridized carbons (Fsp3) is 0.333. The predicted molar refractivity (Wildman–Crippen MR) is 156 cm³/mol. The number of benzene rings is 2. The molecule has 9 heteroatoms. The number of allylic oxidation sites excluding steroid dienone is 6. The lowest BCUT2D eigenvalue weighted by Gasteiger charge is -2.42. The predicted octanol–water partition coefficient (Wildman–Crippen LogP) is 4.52. The number of ketones is 2. The minimum absolute atomic E-state index is 0.0535. The molecule has 0 radical (unpaired) electrons. The van der Waals surface area contributed by atoms with E-state index in [1.54, 1.807) is 31.2 Å². The normalized spacial score (nSPS) is 27.5. The molecule has 2 amide bonds. The number of carbonyl (C=O) groups excluding carboxylic acids is 4. The molecule has 2 aliphatic heterocycles. The second-order valence-corrected chi connectivity index (χ2v) is 12.0. The number of hydrogen-bond acceptors (Lipinski definition) is 7. The molecule has 2 aromatic carbocycles. The summed E-state index contributed by atoms with van der Waals surface area (Å²) in [6, 6.07) is 12.1. The summed E-state index contributed by atoms with van der Waals surface area (Å²) in [5.41, 5.74) is 3.70. The third kappa shape index (κ3) is 4.07. The van der Waals surface area contributed by atoms with Crippen LogP contribution in [0.15, 0.2) is 76.9 Å². The van der Waals surface area contributed by atoms with E-state index in [0.717, 1.165) is 24.4 Å². The van der Waals surface area contributed by atoms with Crippen LogP contribution in [0.25, 0.3) is 0 Å². The molecule has 3 aliphatic carbocycles. The van der Waals surface area contributed by atoms with Crippen LogP contribution in [0.2, 0.25) is 5.02 Å². The third-order valence-electron chi connectivity index (χ3n) is 9.35. The Balaban J connectivity index is 1.28. The van der Waals surface area contributed by atoms with Gasteiger partial charge in [-0.1, -0.05) is 23.3 Å². The van der Waals surface area contributed by atoms with Crippen LogP contribution in [0.1, 0.15) is 31.2 Å². The van der Waals surface area contributed by atoms with Crippen molar-refractivity contribution in [2.24, 2.45) is 17.8 Å². The van der Waals surface area contributed by atoms with Crippen LogP contribution < -0.4 is 9.80 Å². The summed E-state index contributed by atoms with van der Waals surface area (Å²) < 4.78 is 5.44. The molecule has 0 aromatic heterocycles. The number of morpholine rings is 1. The fourth-order valence-corrected chi connectivity index (χ4v) is 7.56. The first-order chi connectivity index (χ1) is 20.2. The number of ether oxygens (including phenoxy) is 1. The van der Waals surface area contributed by atoms with E-state index in [1.807, 2.05) is 18.2 Å². The second kappa shape index (κ2) is 10.1. The number of phenols is 1. The molecule has 7 rings (SSSR count). The molecular weight excluding hydrogens is 556 g/mol. The maximum atomic E-state index is 14.1. The van der Waals surface area contributed by atoms with Gasteiger partial charge in [-0.05, 0) is 74.2 Å². The zero-order valence-electron chi connectivity index (χ0n) is 23.0. The van der Waals surface area contributed by atoms with Crippen LogP contribution in [0.3, 0.4) is 0 Å². The molecule has 4 unspecified atom stereocenters. The number of phenolic OH excluding ortho intramolecular Hbond substituents is 1. The molecule has 2 fully saturated rings. The second-order valence-electron chi connectivity index (χ2n) is 11.6. The maximum Gasteiger partial charge on any atom is 0.238 e. The Hall–Kier alpha value is -4.01. The van der Waals surface area contributed by atoms with Crippen LogP contribution in [0.5, 0.6) is 5.75 Å². The first-order valence-electron chi connectivity index (χ1n) is 14.2. The standard InChI is InChI=1S/C33H29ClN2O6/c1-17-14-27(38)30-25(31(17)39)16-23-21(28(30)24-15-18(34)2-9-26(24)37)7-8-22-29(23)33(41)36(32(22)40)20-5-3-19(4-6-20)35-10-12-42-13-11-35/h2-7,9,14-15,22-23,28-29,37H,8,10-13,16H2,1H3. The summed E-state index contributed by atoms with van der Waals surface area (Å²) in [5.74, 6) is -3.65. The topological polar surface area (TPSA) is 104 Å². The number of Topliss-reactive ketones (excluding diaryl/α,β-unsaturated/α-hetero) is 1. The monoisotopic (exact) mass is 584 g/mol. The van der Waals surface area contributed by atoms with Gasteiger partial charge >= 0.3 is 0 Å². The highest BCUT2D eigenvalue weighted by atomic mass is 35.5. The molecular formula is C33H29ClN2O6. The first kappa shape index (κ1) is 26.9. The molecule has 4 atom stereocenters. The summed E-state index contributed by atoms with van der Waals surface area (Å²) in [4.78, 5) is 58.2. The Kier molecular flexibility index (Phi) is 6.44. The summed E-state index contributed by atoms with van der Waals surface area (Å²) in [6.45, 7) is 4.47. The van der Waals surface area contributed by atoms with Crippen molar-refractivity contribution in [3.8, 4) is 5.75 Å². The van der Waals surface area contributed by atoms with E-state index < -0.39 is 23.7 Å². The summed E-state index contributed by atoms with van der Waals surface area (Å²) >= 11 is 6.33. The molecule has 5 aliphatic rings. The van der Waals surface area contributed by atoms with E-state index in [1.165, 1.54) is 17.0 Å². The average Bonchev–Trinajstić information content (AvgIpc) is 3.26. The van der Waals surface area contributed by atoms with Crippen molar-refractivity contribution in [1.29, 1.82) is 0 Å². The van der Waals surface area contributed by atoms with Gasteiger partial charge in [0.2, 0.25) is 11.8 Å². The molecule has 2 saturated heterocycles. The Morgan fingerprint density at radius 2 is 1.64 bits per heavy atom. The van der Waals surface area contributed by atoms with Crippen LogP contribution in [0, 0.1) is 17.8 Å². The van der Waals surface area contributed by atoms with E-state index in [-0.39, 0.29) is 35.6 Å². The zero-order valence-corrected chi connectivity index (χ0v) is 23.8. The van der Waals surface area contributed by atoms with Gasteiger partial charge in [-0.25, -0.2) is 0 Å². The highest BCUT2D eigenvalue weighted by molar-refractivity contribution is 6.30. The van der Waals surface area contributed by atoms with Gasteiger partial charge in [0.15, 0.2) is 11.6 Å². The van der Waals surface area contributed by atoms with Gasteiger partial charge < -0.3 is 14.7 Å². The van der Waals surface area contributed by atoms with Crippen molar-refractivity contribution >= 4 is 46.4 Å². The lowest BCUT2D eigenvalue weighted by molar-refractivity contribution is -0.123. The van der Waals surface area contributed by atoms with E-state index in [2.05, 4.69) is 4.90 Å². The molecule has 42 heavy (non-hydrogen) atoms. The van der Waals surface area contributed by atoms with Crippen LogP contribution >= 0.6 is 11.6 Å². The van der Waals surface area contributed by atoms with Crippen molar-refractivity contribution in [3.63, 3.8) is 0 Å². The van der Waals surface area contributed by atoms with Crippen molar-refractivity contribution in [3.05, 3.63) is 87.5 Å². The van der Waals surface area contributed by atoms with E-state index in [0.29, 0.717) is 52.6 Å². The maximum absolute atomic E-state index is 14.1. The summed E-state index contributed by atoms with van der Waals surface area (Å²) in [5, 5.41) is 11.3. The largest absolute Gasteiger partial charge is 0.508 e. The Morgan fingerprint density at radius 3 is 2.38 bits per heavy atom. The van der Waals surface area contributed by atoms with Gasteiger partial charge in [0.05, 0.1) is 30.7 Å². The number of hydrogen-bond donors (Lipinski definition) is 1. The first-order valence-corrected chi connectivity index (χ1v) is 14.6. The zero-order chi connectivity index (χ0) is 29.3. The molecule has 0 saturated carbocycles. The van der Waals surface area contributed by atoms with Crippen LogP contribution in [-0.4, -0.2) is 54.8 Å². The Labute approximate surface area is 247 Å². The minimum atomic E-state index is -0.746. The number of imide groups is 1. The Bertz CT molecular complexity index is 1650. The van der Waals surface area contributed by atoms with Crippen molar-refractivity contribution in [1.82, 2.24) is 0 Å². The quantitative estimate of drug-likeness (QED) is 0.321. The molecule has 2 aromatic rings. The van der Waals surface area contributed by atoms with Gasteiger partial charge in [0, 0.05) is 52.0 Å². The summed E-state index contributed by atoms with van der Waals surface area (Å²) in [6.07, 6.45) is 3.77. The molecule has 8 nitrogen and oxygen atoms in total. The van der Waals surface area contributed by atoms with Gasteiger partial charge in [0.1, 0.15) is 5.75 Å². The number of fused-ring (bicyclic) bond motifs is 3. The molecule has 2 heterocycles. The average molecular weight is 585 g/mol. The number of anilines is 2. The highest BCUT2D eigenvalue weighted by Gasteiger charge is 2.56. The van der Waals surface area contributed by atoms with Gasteiger partial charge in [-0.15, -0.1) is 0 Å².